The van der Waals surface area contributed by atoms with Crippen LogP contribution in [0.5, 0.6) is 0 Å². The number of rotatable bonds is 3. The summed E-state index contributed by atoms with van der Waals surface area (Å²) in [5.74, 6) is -0.431. The Hall–Kier alpha value is -0.610. The van der Waals surface area contributed by atoms with Gasteiger partial charge in [0.05, 0.1) is 12.7 Å². The van der Waals surface area contributed by atoms with Gasteiger partial charge < -0.3 is 14.9 Å². The summed E-state index contributed by atoms with van der Waals surface area (Å²) in [5.41, 5.74) is -1.04. The number of aliphatic hydroxyl groups is 1. The van der Waals surface area contributed by atoms with Gasteiger partial charge in [-0.1, -0.05) is 19.3 Å². The molecule has 86 valence electrons. The molecule has 2 atom stereocenters. The Morgan fingerprint density at radius 1 is 1.40 bits per heavy atom. The molecule has 2 rings (SSSR count). The summed E-state index contributed by atoms with van der Waals surface area (Å²) in [4.78, 5) is 11.3. The van der Waals surface area contributed by atoms with E-state index >= 15 is 0 Å². The Bertz CT molecular complexity index is 249. The van der Waals surface area contributed by atoms with Crippen molar-refractivity contribution in [1.82, 2.24) is 0 Å². The maximum atomic E-state index is 11.3. The fourth-order valence-electron chi connectivity index (χ4n) is 2.52. The Morgan fingerprint density at radius 3 is 2.60 bits per heavy atom. The van der Waals surface area contributed by atoms with Gasteiger partial charge in [0.25, 0.3) is 0 Å². The summed E-state index contributed by atoms with van der Waals surface area (Å²) in [6.45, 7) is 0.640. The first-order chi connectivity index (χ1) is 7.15. The molecule has 0 bridgehead atoms. The van der Waals surface area contributed by atoms with Gasteiger partial charge in [-0.25, -0.2) is 0 Å². The minimum absolute atomic E-state index is 0.167. The number of aliphatic carboxylic acids is 1. The molecule has 1 heterocycles. The Balaban J connectivity index is 2.09. The molecule has 0 aromatic rings. The van der Waals surface area contributed by atoms with Crippen LogP contribution in [-0.4, -0.2) is 35.5 Å². The Labute approximate surface area is 89.2 Å². The topological polar surface area (TPSA) is 66.8 Å². The third-order valence-electron chi connectivity index (χ3n) is 3.84. The normalized spacial score (nSPS) is 37.3. The standard InChI is InChI=1S/C11H18O4/c12-9-4-5-15-7-11(9,10(13)14)6-8-2-1-3-8/h8-9,12H,1-7H2,(H,13,14). The molecule has 1 aliphatic carbocycles. The van der Waals surface area contributed by atoms with Crippen LogP contribution in [0.25, 0.3) is 0 Å². The van der Waals surface area contributed by atoms with Gasteiger partial charge in [0, 0.05) is 6.61 Å². The Morgan fingerprint density at radius 2 is 2.13 bits per heavy atom. The van der Waals surface area contributed by atoms with Crippen LogP contribution in [0, 0.1) is 11.3 Å². The molecule has 4 nitrogen and oxygen atoms in total. The highest BCUT2D eigenvalue weighted by molar-refractivity contribution is 5.75. The predicted octanol–water partition coefficient (Wildman–Crippen LogP) is 1.03. The summed E-state index contributed by atoms with van der Waals surface area (Å²) in [7, 11) is 0. The summed E-state index contributed by atoms with van der Waals surface area (Å²) < 4.78 is 5.25. The molecule has 0 aromatic heterocycles. The first-order valence-corrected chi connectivity index (χ1v) is 5.64. The van der Waals surface area contributed by atoms with Crippen molar-refractivity contribution in [2.24, 2.45) is 11.3 Å². The van der Waals surface area contributed by atoms with E-state index in [1.807, 2.05) is 0 Å². The molecule has 0 radical (unpaired) electrons. The third-order valence-corrected chi connectivity index (χ3v) is 3.84. The number of carboxylic acid groups (broad SMARTS) is 1. The minimum Gasteiger partial charge on any atom is -0.481 e. The Kier molecular flexibility index (Phi) is 2.98. The van der Waals surface area contributed by atoms with Gasteiger partial charge in [0.15, 0.2) is 0 Å². The molecule has 2 N–H and O–H groups in total. The van der Waals surface area contributed by atoms with Crippen molar-refractivity contribution in [3.63, 3.8) is 0 Å². The summed E-state index contributed by atoms with van der Waals surface area (Å²) in [5, 5.41) is 19.2. The minimum atomic E-state index is -1.04. The average Bonchev–Trinajstić information content (AvgIpc) is 2.14. The fraction of sp³-hybridized carbons (Fsp3) is 0.909. The lowest BCUT2D eigenvalue weighted by molar-refractivity contribution is -0.176. The first-order valence-electron chi connectivity index (χ1n) is 5.64. The molecule has 2 aliphatic rings. The molecular weight excluding hydrogens is 196 g/mol. The predicted molar refractivity (Wildman–Crippen MR) is 53.5 cm³/mol. The van der Waals surface area contributed by atoms with E-state index < -0.39 is 17.5 Å². The number of hydrogen-bond donors (Lipinski definition) is 2. The molecule has 1 saturated heterocycles. The van der Waals surface area contributed by atoms with Crippen molar-refractivity contribution < 1.29 is 19.7 Å². The molecular formula is C11H18O4. The molecule has 2 unspecified atom stereocenters. The van der Waals surface area contributed by atoms with Crippen LogP contribution in [0.3, 0.4) is 0 Å². The summed E-state index contributed by atoms with van der Waals surface area (Å²) >= 11 is 0. The second-order valence-electron chi connectivity index (χ2n) is 4.82. The van der Waals surface area contributed by atoms with Crippen molar-refractivity contribution in [3.05, 3.63) is 0 Å². The van der Waals surface area contributed by atoms with Crippen molar-refractivity contribution in [1.29, 1.82) is 0 Å². The van der Waals surface area contributed by atoms with Crippen LogP contribution in [0.4, 0.5) is 0 Å². The highest BCUT2D eigenvalue weighted by Gasteiger charge is 2.49. The second-order valence-corrected chi connectivity index (χ2v) is 4.82. The van der Waals surface area contributed by atoms with E-state index in [-0.39, 0.29) is 6.61 Å². The maximum Gasteiger partial charge on any atom is 0.314 e. The second kappa shape index (κ2) is 4.10. The maximum absolute atomic E-state index is 11.3. The molecule has 1 aliphatic heterocycles. The van der Waals surface area contributed by atoms with Crippen molar-refractivity contribution >= 4 is 5.97 Å². The monoisotopic (exact) mass is 214 g/mol. The summed E-state index contributed by atoms with van der Waals surface area (Å²) in [6, 6.07) is 0. The van der Waals surface area contributed by atoms with Crippen LogP contribution in [0.1, 0.15) is 32.1 Å². The van der Waals surface area contributed by atoms with Gasteiger partial charge in [-0.05, 0) is 18.8 Å². The number of carboxylic acids is 1. The number of ether oxygens (including phenoxy) is 1. The van der Waals surface area contributed by atoms with E-state index in [1.165, 1.54) is 6.42 Å². The quantitative estimate of drug-likeness (QED) is 0.736. The van der Waals surface area contributed by atoms with Crippen LogP contribution in [0.2, 0.25) is 0 Å². The van der Waals surface area contributed by atoms with Crippen LogP contribution < -0.4 is 0 Å². The van der Waals surface area contributed by atoms with Crippen molar-refractivity contribution in [3.8, 4) is 0 Å². The van der Waals surface area contributed by atoms with Crippen molar-refractivity contribution in [2.45, 2.75) is 38.2 Å². The lowest BCUT2D eigenvalue weighted by atomic mass is 9.68. The lowest BCUT2D eigenvalue weighted by Gasteiger charge is -2.41. The molecule has 1 saturated carbocycles. The number of carbonyl (C=O) groups is 1. The van der Waals surface area contributed by atoms with E-state index in [1.54, 1.807) is 0 Å². The number of aliphatic hydroxyl groups excluding tert-OH is 1. The van der Waals surface area contributed by atoms with E-state index in [9.17, 15) is 15.0 Å². The SMILES string of the molecule is O=C(O)C1(CC2CCC2)COCCC1O. The van der Waals surface area contributed by atoms with Gasteiger partial charge in [-0.15, -0.1) is 0 Å². The van der Waals surface area contributed by atoms with Crippen molar-refractivity contribution in [2.75, 3.05) is 13.2 Å². The molecule has 4 heteroatoms. The zero-order chi connectivity index (χ0) is 10.9. The van der Waals surface area contributed by atoms with E-state index in [0.29, 0.717) is 25.4 Å². The van der Waals surface area contributed by atoms with E-state index in [2.05, 4.69) is 0 Å². The average molecular weight is 214 g/mol. The van der Waals surface area contributed by atoms with Gasteiger partial charge in [-0.3, -0.25) is 4.79 Å². The fourth-order valence-corrected chi connectivity index (χ4v) is 2.52. The smallest absolute Gasteiger partial charge is 0.314 e. The molecule has 0 amide bonds. The van der Waals surface area contributed by atoms with Gasteiger partial charge in [0.1, 0.15) is 5.41 Å². The van der Waals surface area contributed by atoms with E-state index in [0.717, 1.165) is 12.8 Å². The molecule has 0 aromatic carbocycles. The van der Waals surface area contributed by atoms with Gasteiger partial charge in [0.2, 0.25) is 0 Å². The highest BCUT2D eigenvalue weighted by Crippen LogP contribution is 2.42. The summed E-state index contributed by atoms with van der Waals surface area (Å²) in [6.07, 6.45) is 3.66. The zero-order valence-corrected chi connectivity index (χ0v) is 8.82. The van der Waals surface area contributed by atoms with Gasteiger partial charge in [-0.2, -0.15) is 0 Å². The molecule has 15 heavy (non-hydrogen) atoms. The molecule has 2 fully saturated rings. The lowest BCUT2D eigenvalue weighted by Crippen LogP contribution is -2.51. The highest BCUT2D eigenvalue weighted by atomic mass is 16.5. The van der Waals surface area contributed by atoms with E-state index in [4.69, 9.17) is 4.74 Å². The third kappa shape index (κ3) is 1.88. The van der Waals surface area contributed by atoms with Crippen LogP contribution in [-0.2, 0) is 9.53 Å². The first kappa shape index (κ1) is 10.9. The van der Waals surface area contributed by atoms with Gasteiger partial charge >= 0.3 is 5.97 Å². The zero-order valence-electron chi connectivity index (χ0n) is 8.82. The van der Waals surface area contributed by atoms with Crippen LogP contribution >= 0.6 is 0 Å². The largest absolute Gasteiger partial charge is 0.481 e. The molecule has 0 spiro atoms. The van der Waals surface area contributed by atoms with Crippen LogP contribution in [0.15, 0.2) is 0 Å². The number of hydrogen-bond acceptors (Lipinski definition) is 3.